The minimum Gasteiger partial charge on any atom is -0.383 e. The highest BCUT2D eigenvalue weighted by atomic mass is 16.3. The average Bonchev–Trinajstić information content (AvgIpc) is 3.17. The van der Waals surface area contributed by atoms with Crippen molar-refractivity contribution in [3.05, 3.63) is 35.4 Å². The van der Waals surface area contributed by atoms with Crippen molar-refractivity contribution in [1.82, 2.24) is 5.32 Å². The normalized spacial score (nSPS) is 21.4. The number of nitrogens with zero attached hydrogens (tertiary/aromatic N) is 1. The van der Waals surface area contributed by atoms with E-state index in [9.17, 15) is 9.90 Å². The molecule has 0 aliphatic heterocycles. The molecule has 20 heavy (non-hydrogen) atoms. The van der Waals surface area contributed by atoms with Gasteiger partial charge in [-0.15, -0.1) is 0 Å². The van der Waals surface area contributed by atoms with Crippen LogP contribution in [0.3, 0.4) is 0 Å². The van der Waals surface area contributed by atoms with E-state index in [4.69, 9.17) is 5.26 Å². The highest BCUT2D eigenvalue weighted by Crippen LogP contribution is 2.46. The quantitative estimate of drug-likeness (QED) is 0.876. The van der Waals surface area contributed by atoms with Crippen LogP contribution >= 0.6 is 0 Å². The third kappa shape index (κ3) is 2.30. The first kappa shape index (κ1) is 13.1. The zero-order chi connectivity index (χ0) is 14.2. The van der Waals surface area contributed by atoms with E-state index >= 15 is 0 Å². The summed E-state index contributed by atoms with van der Waals surface area (Å²) >= 11 is 0. The van der Waals surface area contributed by atoms with Crippen molar-refractivity contribution in [1.29, 1.82) is 5.26 Å². The van der Waals surface area contributed by atoms with E-state index in [1.54, 1.807) is 6.07 Å². The number of amides is 1. The van der Waals surface area contributed by atoms with Crippen LogP contribution in [0.25, 0.3) is 0 Å². The van der Waals surface area contributed by atoms with Gasteiger partial charge in [0.05, 0.1) is 17.2 Å². The van der Waals surface area contributed by atoms with Crippen LogP contribution in [0.5, 0.6) is 0 Å². The lowest BCUT2D eigenvalue weighted by molar-refractivity contribution is -0.134. The van der Waals surface area contributed by atoms with Gasteiger partial charge in [-0.25, -0.2) is 0 Å². The van der Waals surface area contributed by atoms with Gasteiger partial charge in [-0.2, -0.15) is 5.26 Å². The number of hydrogen-bond donors (Lipinski definition) is 2. The second-order valence-electron chi connectivity index (χ2n) is 5.90. The maximum Gasteiger partial charge on any atom is 0.249 e. The molecule has 104 valence electrons. The Kier molecular flexibility index (Phi) is 3.23. The third-order valence-electron chi connectivity index (χ3n) is 4.52. The van der Waals surface area contributed by atoms with Gasteiger partial charge in [0.15, 0.2) is 0 Å². The predicted molar refractivity (Wildman–Crippen MR) is 73.6 cm³/mol. The van der Waals surface area contributed by atoms with Crippen LogP contribution in [0, 0.1) is 17.2 Å². The van der Waals surface area contributed by atoms with E-state index < -0.39 is 6.10 Å². The van der Waals surface area contributed by atoms with Crippen molar-refractivity contribution in [2.45, 2.75) is 43.7 Å². The molecule has 4 heteroatoms. The molecule has 2 saturated carbocycles. The maximum atomic E-state index is 12.1. The molecule has 4 nitrogen and oxygen atoms in total. The van der Waals surface area contributed by atoms with Crippen LogP contribution in [0.4, 0.5) is 0 Å². The van der Waals surface area contributed by atoms with E-state index in [1.807, 2.05) is 18.2 Å². The van der Waals surface area contributed by atoms with Gasteiger partial charge in [-0.3, -0.25) is 4.79 Å². The second-order valence-corrected chi connectivity index (χ2v) is 5.90. The van der Waals surface area contributed by atoms with Crippen molar-refractivity contribution in [3.8, 4) is 6.07 Å². The lowest BCUT2D eigenvalue weighted by Gasteiger charge is -2.30. The molecule has 0 radical (unpaired) electrons. The average molecular weight is 270 g/mol. The molecule has 0 heterocycles. The Morgan fingerprint density at radius 1 is 1.45 bits per heavy atom. The third-order valence-corrected chi connectivity index (χ3v) is 4.52. The number of carbonyl (C=O) groups is 1. The number of aliphatic hydroxyl groups excluding tert-OH is 1. The molecular formula is C16H18N2O2. The number of carbonyl (C=O) groups excluding carboxylic acids is 1. The monoisotopic (exact) mass is 270 g/mol. The first-order chi connectivity index (χ1) is 9.64. The highest BCUT2D eigenvalue weighted by Gasteiger charge is 2.47. The standard InChI is InChI=1S/C16H18N2O2/c17-10-11-3-1-6-13(9-11)16(7-8-16)18-15(20)14(19)12-4-2-5-12/h1,3,6,9,12,14,19H,2,4-5,7-8H2,(H,18,20)/t14-/m0/s1. The molecule has 1 amide bonds. The minimum absolute atomic E-state index is 0.122. The Balaban J connectivity index is 1.72. The van der Waals surface area contributed by atoms with Gasteiger partial charge in [0.2, 0.25) is 5.91 Å². The summed E-state index contributed by atoms with van der Waals surface area (Å²) in [6.45, 7) is 0. The van der Waals surface area contributed by atoms with Crippen LogP contribution in [0.1, 0.15) is 43.2 Å². The fourth-order valence-electron chi connectivity index (χ4n) is 2.78. The number of nitriles is 1. The number of nitrogens with one attached hydrogen (secondary N) is 1. The SMILES string of the molecule is N#Cc1cccc(C2(NC(=O)[C@@H](O)C3CCC3)CC2)c1. The van der Waals surface area contributed by atoms with E-state index in [-0.39, 0.29) is 17.4 Å². The predicted octanol–water partition coefficient (Wildman–Crippen LogP) is 1.82. The largest absolute Gasteiger partial charge is 0.383 e. The lowest BCUT2D eigenvalue weighted by atomic mass is 9.80. The van der Waals surface area contributed by atoms with Gasteiger partial charge < -0.3 is 10.4 Å². The molecule has 3 rings (SSSR count). The Labute approximate surface area is 118 Å². The first-order valence-electron chi connectivity index (χ1n) is 7.15. The highest BCUT2D eigenvalue weighted by molar-refractivity contribution is 5.82. The lowest BCUT2D eigenvalue weighted by Crippen LogP contribution is -2.46. The van der Waals surface area contributed by atoms with E-state index in [1.165, 1.54) is 0 Å². The van der Waals surface area contributed by atoms with Crippen LogP contribution in [-0.4, -0.2) is 17.1 Å². The maximum absolute atomic E-state index is 12.1. The summed E-state index contributed by atoms with van der Waals surface area (Å²) in [6, 6.07) is 9.46. The summed E-state index contributed by atoms with van der Waals surface area (Å²) in [7, 11) is 0. The van der Waals surface area contributed by atoms with Crippen molar-refractivity contribution < 1.29 is 9.90 Å². The summed E-state index contributed by atoms with van der Waals surface area (Å²) in [5, 5.41) is 22.0. The number of benzene rings is 1. The van der Waals surface area contributed by atoms with E-state index in [0.717, 1.165) is 37.7 Å². The van der Waals surface area contributed by atoms with Crippen LogP contribution in [0.2, 0.25) is 0 Å². The molecule has 2 fully saturated rings. The summed E-state index contributed by atoms with van der Waals surface area (Å²) in [6.07, 6.45) is 3.82. The van der Waals surface area contributed by atoms with Gasteiger partial charge in [0, 0.05) is 0 Å². The van der Waals surface area contributed by atoms with Crippen LogP contribution in [0.15, 0.2) is 24.3 Å². The van der Waals surface area contributed by atoms with Crippen molar-refractivity contribution in [2.24, 2.45) is 5.92 Å². The van der Waals surface area contributed by atoms with Crippen molar-refractivity contribution in [3.63, 3.8) is 0 Å². The molecule has 2 aliphatic rings. The molecule has 0 saturated heterocycles. The molecule has 2 N–H and O–H groups in total. The van der Waals surface area contributed by atoms with E-state index in [2.05, 4.69) is 11.4 Å². The summed E-state index contributed by atoms with van der Waals surface area (Å²) in [5.74, 6) is -0.147. The van der Waals surface area contributed by atoms with Gasteiger partial charge in [-0.1, -0.05) is 18.6 Å². The second kappa shape index (κ2) is 4.92. The van der Waals surface area contributed by atoms with Crippen LogP contribution in [-0.2, 0) is 10.3 Å². The minimum atomic E-state index is -0.889. The zero-order valence-corrected chi connectivity index (χ0v) is 11.3. The molecule has 0 spiro atoms. The molecule has 1 atom stereocenters. The molecule has 0 bridgehead atoms. The van der Waals surface area contributed by atoms with Gasteiger partial charge in [-0.05, 0) is 49.3 Å². The summed E-state index contributed by atoms with van der Waals surface area (Å²) in [4.78, 5) is 12.1. The summed E-state index contributed by atoms with van der Waals surface area (Å²) in [5.41, 5.74) is 1.20. The van der Waals surface area contributed by atoms with E-state index in [0.29, 0.717) is 5.56 Å². The Hall–Kier alpha value is -1.86. The number of rotatable bonds is 4. The molecular weight excluding hydrogens is 252 g/mol. The Morgan fingerprint density at radius 3 is 2.75 bits per heavy atom. The molecule has 0 unspecified atom stereocenters. The van der Waals surface area contributed by atoms with Gasteiger partial charge >= 0.3 is 0 Å². The molecule has 1 aromatic rings. The smallest absolute Gasteiger partial charge is 0.249 e. The van der Waals surface area contributed by atoms with Crippen molar-refractivity contribution >= 4 is 5.91 Å². The fourth-order valence-corrected chi connectivity index (χ4v) is 2.78. The van der Waals surface area contributed by atoms with Gasteiger partial charge in [0.1, 0.15) is 6.10 Å². The first-order valence-corrected chi connectivity index (χ1v) is 7.15. The topological polar surface area (TPSA) is 73.1 Å². The Morgan fingerprint density at radius 2 is 2.20 bits per heavy atom. The molecule has 2 aliphatic carbocycles. The van der Waals surface area contributed by atoms with Gasteiger partial charge in [0.25, 0.3) is 0 Å². The van der Waals surface area contributed by atoms with Crippen molar-refractivity contribution in [2.75, 3.05) is 0 Å². The number of hydrogen-bond acceptors (Lipinski definition) is 3. The molecule has 1 aromatic carbocycles. The Bertz CT molecular complexity index is 568. The van der Waals surface area contributed by atoms with Crippen LogP contribution < -0.4 is 5.32 Å². The fraction of sp³-hybridized carbons (Fsp3) is 0.500. The number of aliphatic hydroxyl groups is 1. The zero-order valence-electron chi connectivity index (χ0n) is 11.3. The molecule has 0 aromatic heterocycles. The summed E-state index contributed by atoms with van der Waals surface area (Å²) < 4.78 is 0.